The lowest BCUT2D eigenvalue weighted by Gasteiger charge is -2.24. The van der Waals surface area contributed by atoms with E-state index in [2.05, 4.69) is 19.2 Å². The first-order valence-corrected chi connectivity index (χ1v) is 6.07. The molecular formula is C13H19Cl2NO. The Morgan fingerprint density at radius 1 is 1.41 bits per heavy atom. The van der Waals surface area contributed by atoms with E-state index in [1.165, 1.54) is 0 Å². The lowest BCUT2D eigenvalue weighted by atomic mass is 10.00. The largest absolute Gasteiger partial charge is 0.387 e. The maximum Gasteiger partial charge on any atom is 0.0957 e. The van der Waals surface area contributed by atoms with Gasteiger partial charge in [-0.15, -0.1) is 12.4 Å². The van der Waals surface area contributed by atoms with Gasteiger partial charge in [-0.25, -0.2) is 0 Å². The minimum Gasteiger partial charge on any atom is -0.387 e. The van der Waals surface area contributed by atoms with Crippen LogP contribution in [0.2, 0.25) is 5.02 Å². The summed E-state index contributed by atoms with van der Waals surface area (Å²) in [6, 6.07) is 7.60. The third-order valence-electron chi connectivity index (χ3n) is 3.26. The Balaban J connectivity index is 0.00000144. The number of rotatable bonds is 2. The summed E-state index contributed by atoms with van der Waals surface area (Å²) in [5.74, 6) is 0. The molecule has 0 bridgehead atoms. The van der Waals surface area contributed by atoms with Crippen LogP contribution in [0, 0.1) is 0 Å². The van der Waals surface area contributed by atoms with Crippen LogP contribution < -0.4 is 5.32 Å². The highest BCUT2D eigenvalue weighted by atomic mass is 35.5. The molecule has 2 N–H and O–H groups in total. The first kappa shape index (κ1) is 14.8. The zero-order valence-corrected chi connectivity index (χ0v) is 11.7. The average molecular weight is 276 g/mol. The topological polar surface area (TPSA) is 32.3 Å². The van der Waals surface area contributed by atoms with E-state index in [9.17, 15) is 5.11 Å². The predicted octanol–water partition coefficient (Wildman–Crippen LogP) is 3.33. The average Bonchev–Trinajstić information content (AvgIpc) is 2.59. The predicted molar refractivity (Wildman–Crippen MR) is 73.9 cm³/mol. The molecule has 1 fully saturated rings. The SMILES string of the molecule is CC1(C)CC[C@H]([C@@H](O)c2ccccc2Cl)N1.Cl. The summed E-state index contributed by atoms with van der Waals surface area (Å²) < 4.78 is 0. The van der Waals surface area contributed by atoms with Crippen molar-refractivity contribution in [2.45, 2.75) is 44.4 Å². The van der Waals surface area contributed by atoms with Gasteiger partial charge in [-0.2, -0.15) is 0 Å². The Bertz CT molecular complexity index is 381. The molecule has 2 atom stereocenters. The van der Waals surface area contributed by atoms with E-state index in [-0.39, 0.29) is 24.0 Å². The summed E-state index contributed by atoms with van der Waals surface area (Å²) in [5, 5.41) is 14.4. The van der Waals surface area contributed by atoms with Gasteiger partial charge in [-0.3, -0.25) is 0 Å². The van der Waals surface area contributed by atoms with Gasteiger partial charge < -0.3 is 10.4 Å². The maximum atomic E-state index is 10.3. The van der Waals surface area contributed by atoms with Gasteiger partial charge in [-0.1, -0.05) is 29.8 Å². The molecule has 1 saturated heterocycles. The van der Waals surface area contributed by atoms with Crippen LogP contribution in [0.25, 0.3) is 0 Å². The number of aliphatic hydroxyl groups is 1. The van der Waals surface area contributed by atoms with Crippen molar-refractivity contribution in [3.63, 3.8) is 0 Å². The first-order chi connectivity index (χ1) is 7.49. The summed E-state index contributed by atoms with van der Waals surface area (Å²) in [6.07, 6.45) is 1.55. The highest BCUT2D eigenvalue weighted by molar-refractivity contribution is 6.31. The van der Waals surface area contributed by atoms with Crippen molar-refractivity contribution < 1.29 is 5.11 Å². The Labute approximate surface area is 114 Å². The summed E-state index contributed by atoms with van der Waals surface area (Å²) in [5.41, 5.74) is 0.937. The van der Waals surface area contributed by atoms with Gasteiger partial charge >= 0.3 is 0 Å². The Morgan fingerprint density at radius 3 is 2.59 bits per heavy atom. The standard InChI is InChI=1S/C13H18ClNO.ClH/c1-13(2)8-7-11(15-13)12(16)9-5-3-4-6-10(9)14;/h3-6,11-12,15-16H,7-8H2,1-2H3;1H/t11-,12+;/m1./s1. The van der Waals surface area contributed by atoms with Gasteiger partial charge in [0.05, 0.1) is 6.10 Å². The number of hydrogen-bond donors (Lipinski definition) is 2. The summed E-state index contributed by atoms with van der Waals surface area (Å²) >= 11 is 6.08. The lowest BCUT2D eigenvalue weighted by Crippen LogP contribution is -2.40. The van der Waals surface area contributed by atoms with E-state index < -0.39 is 6.10 Å². The molecule has 96 valence electrons. The molecule has 1 heterocycles. The van der Waals surface area contributed by atoms with E-state index in [0.717, 1.165) is 18.4 Å². The summed E-state index contributed by atoms with van der Waals surface area (Å²) in [4.78, 5) is 0. The quantitative estimate of drug-likeness (QED) is 0.868. The van der Waals surface area contributed by atoms with Crippen LogP contribution >= 0.6 is 24.0 Å². The molecule has 0 spiro atoms. The molecule has 1 aliphatic rings. The van der Waals surface area contributed by atoms with Crippen LogP contribution in [-0.2, 0) is 0 Å². The van der Waals surface area contributed by atoms with E-state index in [1.807, 2.05) is 24.3 Å². The second-order valence-corrected chi connectivity index (χ2v) is 5.55. The number of halogens is 2. The van der Waals surface area contributed by atoms with E-state index >= 15 is 0 Å². The molecular weight excluding hydrogens is 257 g/mol. The molecule has 0 unspecified atom stereocenters. The maximum absolute atomic E-state index is 10.3. The van der Waals surface area contributed by atoms with Gasteiger partial charge in [-0.05, 0) is 32.8 Å². The third kappa shape index (κ3) is 3.35. The Kier molecular flexibility index (Phi) is 4.85. The van der Waals surface area contributed by atoms with Gasteiger partial charge in [0.25, 0.3) is 0 Å². The van der Waals surface area contributed by atoms with E-state index in [4.69, 9.17) is 11.6 Å². The van der Waals surface area contributed by atoms with E-state index in [0.29, 0.717) is 5.02 Å². The normalized spacial score (nSPS) is 24.1. The molecule has 2 rings (SSSR count). The molecule has 4 heteroatoms. The highest BCUT2D eigenvalue weighted by Crippen LogP contribution is 2.32. The van der Waals surface area contributed by atoms with Crippen LogP contribution in [0.15, 0.2) is 24.3 Å². The Hall–Kier alpha value is -0.280. The van der Waals surface area contributed by atoms with Crippen LogP contribution in [0.3, 0.4) is 0 Å². The van der Waals surface area contributed by atoms with Crippen molar-refractivity contribution in [3.05, 3.63) is 34.9 Å². The minimum absolute atomic E-state index is 0. The smallest absolute Gasteiger partial charge is 0.0957 e. The summed E-state index contributed by atoms with van der Waals surface area (Å²) in [6.45, 7) is 4.32. The van der Waals surface area contributed by atoms with E-state index in [1.54, 1.807) is 0 Å². The van der Waals surface area contributed by atoms with Crippen LogP contribution in [0.4, 0.5) is 0 Å². The van der Waals surface area contributed by atoms with Crippen LogP contribution in [-0.4, -0.2) is 16.7 Å². The van der Waals surface area contributed by atoms with Crippen molar-refractivity contribution in [3.8, 4) is 0 Å². The third-order valence-corrected chi connectivity index (χ3v) is 3.61. The molecule has 1 aromatic rings. The van der Waals surface area contributed by atoms with Crippen molar-refractivity contribution in [2.75, 3.05) is 0 Å². The highest BCUT2D eigenvalue weighted by Gasteiger charge is 2.34. The fourth-order valence-corrected chi connectivity index (χ4v) is 2.58. The van der Waals surface area contributed by atoms with Crippen molar-refractivity contribution in [2.24, 2.45) is 0 Å². The van der Waals surface area contributed by atoms with Crippen LogP contribution in [0.1, 0.15) is 38.4 Å². The van der Waals surface area contributed by atoms with Crippen LogP contribution in [0.5, 0.6) is 0 Å². The second kappa shape index (κ2) is 5.57. The molecule has 0 saturated carbocycles. The molecule has 0 amide bonds. The van der Waals surface area contributed by atoms with Gasteiger partial charge in [0.2, 0.25) is 0 Å². The zero-order chi connectivity index (χ0) is 11.8. The van der Waals surface area contributed by atoms with Gasteiger partial charge in [0, 0.05) is 22.2 Å². The van der Waals surface area contributed by atoms with Crippen molar-refractivity contribution in [1.29, 1.82) is 0 Å². The monoisotopic (exact) mass is 275 g/mol. The Morgan fingerprint density at radius 2 is 2.06 bits per heavy atom. The fourth-order valence-electron chi connectivity index (χ4n) is 2.33. The molecule has 17 heavy (non-hydrogen) atoms. The number of benzene rings is 1. The minimum atomic E-state index is -0.518. The molecule has 2 nitrogen and oxygen atoms in total. The van der Waals surface area contributed by atoms with Crippen molar-refractivity contribution in [1.82, 2.24) is 5.32 Å². The second-order valence-electron chi connectivity index (χ2n) is 5.14. The first-order valence-electron chi connectivity index (χ1n) is 5.70. The molecule has 1 aliphatic heterocycles. The molecule has 0 aliphatic carbocycles. The fraction of sp³-hybridized carbons (Fsp3) is 0.538. The lowest BCUT2D eigenvalue weighted by molar-refractivity contribution is 0.132. The van der Waals surface area contributed by atoms with Gasteiger partial charge in [0.1, 0.15) is 0 Å². The molecule has 0 radical (unpaired) electrons. The number of hydrogen-bond acceptors (Lipinski definition) is 2. The molecule has 0 aromatic heterocycles. The van der Waals surface area contributed by atoms with Crippen molar-refractivity contribution >= 4 is 24.0 Å². The molecule has 1 aromatic carbocycles. The summed E-state index contributed by atoms with van der Waals surface area (Å²) in [7, 11) is 0. The zero-order valence-electron chi connectivity index (χ0n) is 10.1. The number of aliphatic hydroxyl groups excluding tert-OH is 1. The number of nitrogens with one attached hydrogen (secondary N) is 1. The van der Waals surface area contributed by atoms with Gasteiger partial charge in [0.15, 0.2) is 0 Å².